The van der Waals surface area contributed by atoms with Gasteiger partial charge >= 0.3 is 5.97 Å². The average Bonchev–Trinajstić information content (AvgIpc) is 2.70. The van der Waals surface area contributed by atoms with Gasteiger partial charge in [0.2, 0.25) is 0 Å². The summed E-state index contributed by atoms with van der Waals surface area (Å²) in [5.41, 5.74) is 3.46. The van der Waals surface area contributed by atoms with Crippen molar-refractivity contribution in [3.63, 3.8) is 0 Å². The van der Waals surface area contributed by atoms with Crippen molar-refractivity contribution >= 4 is 21.9 Å². The number of hydrogen-bond acceptors (Lipinski definition) is 3. The van der Waals surface area contributed by atoms with Crippen LogP contribution in [0.15, 0.2) is 83.3 Å². The number of benzene rings is 3. The Labute approximate surface area is 174 Å². The van der Waals surface area contributed by atoms with Crippen LogP contribution < -0.4 is 4.74 Å². The van der Waals surface area contributed by atoms with E-state index >= 15 is 0 Å². The molecule has 0 spiro atoms. The second kappa shape index (κ2) is 8.29. The van der Waals surface area contributed by atoms with Gasteiger partial charge in [0, 0.05) is 19.0 Å². The molecule has 28 heavy (non-hydrogen) atoms. The highest BCUT2D eigenvalue weighted by Gasteiger charge is 2.32. The summed E-state index contributed by atoms with van der Waals surface area (Å²) in [5, 5.41) is 0. The van der Waals surface area contributed by atoms with E-state index in [0.29, 0.717) is 5.75 Å². The zero-order valence-corrected chi connectivity index (χ0v) is 17.3. The van der Waals surface area contributed by atoms with E-state index in [2.05, 4.69) is 75.4 Å². The molecule has 0 amide bonds. The van der Waals surface area contributed by atoms with Crippen LogP contribution in [0.1, 0.15) is 22.6 Å². The van der Waals surface area contributed by atoms with Gasteiger partial charge in [-0.3, -0.25) is 4.79 Å². The Morgan fingerprint density at radius 1 is 0.929 bits per heavy atom. The van der Waals surface area contributed by atoms with Gasteiger partial charge in [-0.15, -0.1) is 0 Å². The van der Waals surface area contributed by atoms with Crippen molar-refractivity contribution < 1.29 is 9.53 Å². The molecule has 1 saturated heterocycles. The van der Waals surface area contributed by atoms with E-state index in [1.165, 1.54) is 11.1 Å². The van der Waals surface area contributed by atoms with Crippen LogP contribution in [-0.2, 0) is 4.79 Å². The van der Waals surface area contributed by atoms with Crippen LogP contribution in [0.2, 0.25) is 0 Å². The molecule has 0 unspecified atom stereocenters. The fourth-order valence-electron chi connectivity index (χ4n) is 3.71. The Kier molecular flexibility index (Phi) is 5.60. The van der Waals surface area contributed by atoms with Gasteiger partial charge in [-0.2, -0.15) is 0 Å². The highest BCUT2D eigenvalue weighted by molar-refractivity contribution is 9.10. The van der Waals surface area contributed by atoms with Crippen molar-refractivity contribution in [3.05, 3.63) is 100 Å². The molecule has 0 bridgehead atoms. The number of halogens is 1. The van der Waals surface area contributed by atoms with Crippen LogP contribution in [0, 0.1) is 5.92 Å². The number of nitrogens with zero attached hydrogens (tertiary/aromatic N) is 1. The van der Waals surface area contributed by atoms with Gasteiger partial charge in [0.05, 0.1) is 10.4 Å². The number of hydrogen-bond donors (Lipinski definition) is 0. The first kappa shape index (κ1) is 18.9. The summed E-state index contributed by atoms with van der Waals surface area (Å²) in [7, 11) is 2.00. The van der Waals surface area contributed by atoms with Crippen LogP contribution in [0.3, 0.4) is 0 Å². The van der Waals surface area contributed by atoms with Crippen LogP contribution in [0.5, 0.6) is 5.75 Å². The predicted molar refractivity (Wildman–Crippen MR) is 115 cm³/mol. The summed E-state index contributed by atoms with van der Waals surface area (Å²) in [6.45, 7) is 1.51. The van der Waals surface area contributed by atoms with Gasteiger partial charge in [-0.1, -0.05) is 72.8 Å². The molecule has 0 radical (unpaired) electrons. The molecule has 0 saturated carbocycles. The predicted octanol–water partition coefficient (Wildman–Crippen LogP) is 5.10. The van der Waals surface area contributed by atoms with Crippen LogP contribution in [0.25, 0.3) is 0 Å². The lowest BCUT2D eigenvalue weighted by Gasteiger charge is -2.34. The van der Waals surface area contributed by atoms with Gasteiger partial charge < -0.3 is 9.64 Å². The Bertz CT molecular complexity index is 913. The van der Waals surface area contributed by atoms with Crippen molar-refractivity contribution in [2.75, 3.05) is 20.1 Å². The smallest absolute Gasteiger partial charge is 0.316 e. The lowest BCUT2D eigenvalue weighted by atomic mass is 9.85. The summed E-state index contributed by atoms with van der Waals surface area (Å²) in [4.78, 5) is 14.6. The van der Waals surface area contributed by atoms with E-state index in [4.69, 9.17) is 4.74 Å². The summed E-state index contributed by atoms with van der Waals surface area (Å²) < 4.78 is 6.58. The minimum Gasteiger partial charge on any atom is -0.425 e. The number of ether oxygens (including phenoxy) is 1. The zero-order chi connectivity index (χ0) is 19.5. The van der Waals surface area contributed by atoms with Crippen molar-refractivity contribution in [1.29, 1.82) is 0 Å². The molecular weight excluding hydrogens is 414 g/mol. The number of likely N-dealkylation sites (tertiary alicyclic amines) is 1. The fraction of sp³-hybridized carbons (Fsp3) is 0.208. The molecule has 0 aliphatic carbocycles. The van der Waals surface area contributed by atoms with Crippen molar-refractivity contribution in [2.45, 2.75) is 5.92 Å². The fourth-order valence-corrected chi connectivity index (χ4v) is 4.29. The van der Waals surface area contributed by atoms with Crippen LogP contribution >= 0.6 is 15.9 Å². The second-order valence-corrected chi connectivity index (χ2v) is 8.05. The summed E-state index contributed by atoms with van der Waals surface area (Å²) in [6.07, 6.45) is 0. The summed E-state index contributed by atoms with van der Waals surface area (Å²) in [5.74, 6) is 0.422. The van der Waals surface area contributed by atoms with Gasteiger partial charge in [0.15, 0.2) is 0 Å². The third-order valence-electron chi connectivity index (χ3n) is 5.18. The lowest BCUT2D eigenvalue weighted by molar-refractivity contribution is -0.144. The molecular formula is C24H22BrNO2. The van der Waals surface area contributed by atoms with Crippen molar-refractivity contribution in [2.24, 2.45) is 5.92 Å². The molecule has 3 aromatic carbocycles. The van der Waals surface area contributed by atoms with Crippen molar-refractivity contribution in [1.82, 2.24) is 4.90 Å². The maximum absolute atomic E-state index is 12.4. The molecule has 1 aliphatic heterocycles. The highest BCUT2D eigenvalue weighted by Crippen LogP contribution is 2.40. The standard InChI is InChI=1S/C24H22BrNO2/c1-26-15-19(16-26)24(27)28-21-14-8-13-20(23(21)25)22(17-9-4-2-5-10-17)18-11-6-3-7-12-18/h2-14,19,22H,15-16H2,1H3. The highest BCUT2D eigenvalue weighted by atomic mass is 79.9. The minimum absolute atomic E-state index is 0.0420. The average molecular weight is 436 g/mol. The van der Waals surface area contributed by atoms with Crippen LogP contribution in [-0.4, -0.2) is 31.0 Å². The summed E-state index contributed by atoms with van der Waals surface area (Å²) >= 11 is 3.72. The number of esters is 1. The van der Waals surface area contributed by atoms with E-state index in [0.717, 1.165) is 23.1 Å². The lowest BCUT2D eigenvalue weighted by Crippen LogP contribution is -2.49. The Morgan fingerprint density at radius 3 is 2.04 bits per heavy atom. The third-order valence-corrected chi connectivity index (χ3v) is 6.03. The normalized spacial score (nSPS) is 14.7. The molecule has 1 fully saturated rings. The first-order valence-corrected chi connectivity index (χ1v) is 10.2. The largest absolute Gasteiger partial charge is 0.425 e. The zero-order valence-electron chi connectivity index (χ0n) is 15.7. The van der Waals surface area contributed by atoms with Crippen LogP contribution in [0.4, 0.5) is 0 Å². The molecule has 0 atom stereocenters. The van der Waals surface area contributed by atoms with Gasteiger partial charge in [-0.05, 0) is 45.7 Å². The Balaban J connectivity index is 1.70. The van der Waals surface area contributed by atoms with Gasteiger partial charge in [0.25, 0.3) is 0 Å². The molecule has 3 nitrogen and oxygen atoms in total. The Morgan fingerprint density at radius 2 is 1.50 bits per heavy atom. The van der Waals surface area contributed by atoms with E-state index in [-0.39, 0.29) is 17.8 Å². The monoisotopic (exact) mass is 435 g/mol. The van der Waals surface area contributed by atoms with Gasteiger partial charge in [0.1, 0.15) is 5.75 Å². The van der Waals surface area contributed by atoms with Crippen molar-refractivity contribution in [3.8, 4) is 5.75 Å². The minimum atomic E-state index is -0.160. The molecule has 3 aromatic rings. The topological polar surface area (TPSA) is 29.5 Å². The molecule has 142 valence electrons. The quantitative estimate of drug-likeness (QED) is 0.317. The molecule has 1 aliphatic rings. The van der Waals surface area contributed by atoms with E-state index < -0.39 is 0 Å². The first-order chi connectivity index (χ1) is 13.6. The molecule has 0 aromatic heterocycles. The SMILES string of the molecule is CN1CC(C(=O)Oc2cccc(C(c3ccccc3)c3ccccc3)c2Br)C1. The number of carbonyl (C=O) groups is 1. The van der Waals surface area contributed by atoms with E-state index in [9.17, 15) is 4.79 Å². The first-order valence-electron chi connectivity index (χ1n) is 9.42. The molecule has 0 N–H and O–H groups in total. The third kappa shape index (κ3) is 3.89. The summed E-state index contributed by atoms with van der Waals surface area (Å²) in [6, 6.07) is 26.7. The second-order valence-electron chi connectivity index (χ2n) is 7.25. The molecule has 4 rings (SSSR count). The Hall–Kier alpha value is -2.43. The number of carbonyl (C=O) groups excluding carboxylic acids is 1. The maximum atomic E-state index is 12.4. The van der Waals surface area contributed by atoms with Gasteiger partial charge in [-0.25, -0.2) is 0 Å². The number of rotatable bonds is 5. The molecule has 4 heteroatoms. The maximum Gasteiger partial charge on any atom is 0.316 e. The van der Waals surface area contributed by atoms with E-state index in [1.807, 2.05) is 31.3 Å². The van der Waals surface area contributed by atoms with E-state index in [1.54, 1.807) is 0 Å². The molecule has 1 heterocycles.